The van der Waals surface area contributed by atoms with Crippen molar-refractivity contribution in [1.82, 2.24) is 10.2 Å². The fourth-order valence-corrected chi connectivity index (χ4v) is 2.41. The number of carbonyl (C=O) groups excluding carboxylic acids is 1. The number of fused-ring (bicyclic) bond motifs is 1. The van der Waals surface area contributed by atoms with Crippen LogP contribution in [0.2, 0.25) is 0 Å². The van der Waals surface area contributed by atoms with Crippen LogP contribution in [0, 0.1) is 0 Å². The summed E-state index contributed by atoms with van der Waals surface area (Å²) < 4.78 is 5.71. The van der Waals surface area contributed by atoms with Crippen LogP contribution in [0.15, 0.2) is 0 Å². The van der Waals surface area contributed by atoms with E-state index in [1.807, 2.05) is 4.90 Å². The average molecular weight is 198 g/mol. The molecule has 2 rings (SSSR count). The van der Waals surface area contributed by atoms with Gasteiger partial charge >= 0.3 is 0 Å². The minimum absolute atomic E-state index is 0.185. The molecule has 1 N–H and O–H groups in total. The molecule has 0 aromatic heterocycles. The molecule has 4 nitrogen and oxygen atoms in total. The Balaban J connectivity index is 2.08. The molecule has 0 aromatic rings. The fourth-order valence-electron chi connectivity index (χ4n) is 2.41. The lowest BCUT2D eigenvalue weighted by molar-refractivity contribution is -0.144. The maximum absolute atomic E-state index is 11.4. The molecule has 80 valence electrons. The number of ether oxygens (including phenoxy) is 1. The number of nitrogens with one attached hydrogen (secondary N) is 1. The zero-order chi connectivity index (χ0) is 9.97. The minimum Gasteiger partial charge on any atom is -0.374 e. The monoisotopic (exact) mass is 198 g/mol. The van der Waals surface area contributed by atoms with Crippen molar-refractivity contribution >= 4 is 5.91 Å². The largest absolute Gasteiger partial charge is 0.374 e. The Kier molecular flexibility index (Phi) is 3.03. The van der Waals surface area contributed by atoms with Crippen molar-refractivity contribution in [2.75, 3.05) is 26.2 Å². The van der Waals surface area contributed by atoms with Gasteiger partial charge in [0.1, 0.15) is 0 Å². The summed E-state index contributed by atoms with van der Waals surface area (Å²) in [5.74, 6) is 0.185. The van der Waals surface area contributed by atoms with Gasteiger partial charge in [0, 0.05) is 13.5 Å². The van der Waals surface area contributed by atoms with E-state index in [4.69, 9.17) is 4.74 Å². The Labute approximate surface area is 84.6 Å². The molecule has 0 saturated carbocycles. The summed E-state index contributed by atoms with van der Waals surface area (Å²) in [6.45, 7) is 5.11. The van der Waals surface area contributed by atoms with Crippen LogP contribution in [-0.2, 0) is 9.53 Å². The second kappa shape index (κ2) is 4.28. The predicted octanol–water partition coefficient (Wildman–Crippen LogP) is -0.0143. The number of hydrogen-bond donors (Lipinski definition) is 1. The van der Waals surface area contributed by atoms with Gasteiger partial charge < -0.3 is 15.0 Å². The van der Waals surface area contributed by atoms with Crippen molar-refractivity contribution in [3.63, 3.8) is 0 Å². The summed E-state index contributed by atoms with van der Waals surface area (Å²) in [7, 11) is 0. The van der Waals surface area contributed by atoms with E-state index in [2.05, 4.69) is 5.32 Å². The van der Waals surface area contributed by atoms with E-state index in [-0.39, 0.29) is 12.0 Å². The van der Waals surface area contributed by atoms with Crippen molar-refractivity contribution < 1.29 is 9.53 Å². The number of rotatable bonds is 0. The zero-order valence-corrected chi connectivity index (χ0v) is 8.66. The maximum Gasteiger partial charge on any atom is 0.219 e. The fraction of sp³-hybridized carbons (Fsp3) is 0.900. The van der Waals surface area contributed by atoms with Crippen LogP contribution in [0.5, 0.6) is 0 Å². The van der Waals surface area contributed by atoms with E-state index in [0.29, 0.717) is 12.6 Å². The van der Waals surface area contributed by atoms with Crippen molar-refractivity contribution in [2.24, 2.45) is 0 Å². The van der Waals surface area contributed by atoms with Gasteiger partial charge in [-0.3, -0.25) is 4.79 Å². The first-order valence-electron chi connectivity index (χ1n) is 5.38. The highest BCUT2D eigenvalue weighted by molar-refractivity contribution is 5.73. The molecule has 0 radical (unpaired) electrons. The molecular weight excluding hydrogens is 180 g/mol. The second-order valence-electron chi connectivity index (χ2n) is 4.02. The third-order valence-corrected chi connectivity index (χ3v) is 3.12. The van der Waals surface area contributed by atoms with Gasteiger partial charge in [0.2, 0.25) is 5.91 Å². The number of hydrogen-bond acceptors (Lipinski definition) is 3. The van der Waals surface area contributed by atoms with Crippen molar-refractivity contribution in [3.05, 3.63) is 0 Å². The number of nitrogens with zero attached hydrogens (tertiary/aromatic N) is 1. The van der Waals surface area contributed by atoms with Gasteiger partial charge in [0.15, 0.2) is 0 Å². The molecular formula is C10H18N2O2. The third kappa shape index (κ3) is 1.91. The first kappa shape index (κ1) is 9.93. The van der Waals surface area contributed by atoms with Crippen LogP contribution >= 0.6 is 0 Å². The summed E-state index contributed by atoms with van der Waals surface area (Å²) in [5.41, 5.74) is 0. The molecule has 2 saturated heterocycles. The van der Waals surface area contributed by atoms with Crippen molar-refractivity contribution in [3.8, 4) is 0 Å². The van der Waals surface area contributed by atoms with Gasteiger partial charge in [0.25, 0.3) is 0 Å². The lowest BCUT2D eigenvalue weighted by Gasteiger charge is -2.39. The Bertz CT molecular complexity index is 220. The Morgan fingerprint density at radius 2 is 2.21 bits per heavy atom. The number of carbonyl (C=O) groups is 1. The summed E-state index contributed by atoms with van der Waals surface area (Å²) >= 11 is 0. The molecule has 14 heavy (non-hydrogen) atoms. The van der Waals surface area contributed by atoms with Crippen LogP contribution in [-0.4, -0.2) is 49.2 Å². The van der Waals surface area contributed by atoms with Crippen LogP contribution in [0.3, 0.4) is 0 Å². The first-order valence-corrected chi connectivity index (χ1v) is 5.38. The smallest absolute Gasteiger partial charge is 0.219 e. The van der Waals surface area contributed by atoms with E-state index >= 15 is 0 Å². The normalized spacial score (nSPS) is 33.4. The lowest BCUT2D eigenvalue weighted by Crippen LogP contribution is -2.52. The SMILES string of the molecule is CC(=O)N1CCO[C@H]2CCNCC[C@@H]21. The standard InChI is InChI=1S/C10H18N2O2/c1-8(13)12-6-7-14-10-3-5-11-4-2-9(10)12/h9-11H,2-7H2,1H3/t9-,10-/m0/s1. The summed E-state index contributed by atoms with van der Waals surface area (Å²) in [5, 5.41) is 3.35. The van der Waals surface area contributed by atoms with E-state index < -0.39 is 0 Å². The zero-order valence-electron chi connectivity index (χ0n) is 8.66. The summed E-state index contributed by atoms with van der Waals surface area (Å²) in [4.78, 5) is 13.4. The summed E-state index contributed by atoms with van der Waals surface area (Å²) in [6, 6.07) is 0.302. The Morgan fingerprint density at radius 1 is 1.43 bits per heavy atom. The molecule has 0 bridgehead atoms. The number of morpholine rings is 1. The molecule has 4 heteroatoms. The first-order chi connectivity index (χ1) is 6.79. The Hall–Kier alpha value is -0.610. The molecule has 2 atom stereocenters. The molecule has 2 aliphatic heterocycles. The quantitative estimate of drug-likeness (QED) is 0.595. The molecule has 0 aliphatic carbocycles. The number of amides is 1. The predicted molar refractivity (Wildman–Crippen MR) is 53.0 cm³/mol. The topological polar surface area (TPSA) is 41.6 Å². The molecule has 2 heterocycles. The lowest BCUT2D eigenvalue weighted by atomic mass is 10.0. The maximum atomic E-state index is 11.4. The van der Waals surface area contributed by atoms with E-state index in [0.717, 1.165) is 32.5 Å². The molecule has 0 unspecified atom stereocenters. The molecule has 1 amide bonds. The van der Waals surface area contributed by atoms with Crippen LogP contribution in [0.25, 0.3) is 0 Å². The second-order valence-corrected chi connectivity index (χ2v) is 4.02. The van der Waals surface area contributed by atoms with Gasteiger partial charge in [-0.15, -0.1) is 0 Å². The summed E-state index contributed by atoms with van der Waals surface area (Å²) in [6.07, 6.45) is 2.29. The van der Waals surface area contributed by atoms with Gasteiger partial charge in [0.05, 0.1) is 18.8 Å². The molecule has 2 aliphatic rings. The average Bonchev–Trinajstić information content (AvgIpc) is 2.41. The van der Waals surface area contributed by atoms with Crippen LogP contribution in [0.1, 0.15) is 19.8 Å². The van der Waals surface area contributed by atoms with Gasteiger partial charge in [-0.05, 0) is 25.9 Å². The van der Waals surface area contributed by atoms with E-state index in [9.17, 15) is 4.79 Å². The molecule has 0 spiro atoms. The van der Waals surface area contributed by atoms with Gasteiger partial charge in [-0.25, -0.2) is 0 Å². The minimum atomic E-state index is 0.185. The molecule has 0 aromatic carbocycles. The highest BCUT2D eigenvalue weighted by Crippen LogP contribution is 2.21. The highest BCUT2D eigenvalue weighted by Gasteiger charge is 2.34. The highest BCUT2D eigenvalue weighted by atomic mass is 16.5. The van der Waals surface area contributed by atoms with Crippen molar-refractivity contribution in [1.29, 1.82) is 0 Å². The van der Waals surface area contributed by atoms with Crippen LogP contribution in [0.4, 0.5) is 0 Å². The van der Waals surface area contributed by atoms with Crippen molar-refractivity contribution in [2.45, 2.75) is 31.9 Å². The van der Waals surface area contributed by atoms with E-state index in [1.165, 1.54) is 0 Å². The van der Waals surface area contributed by atoms with Crippen LogP contribution < -0.4 is 5.32 Å². The van der Waals surface area contributed by atoms with E-state index in [1.54, 1.807) is 6.92 Å². The third-order valence-electron chi connectivity index (χ3n) is 3.12. The van der Waals surface area contributed by atoms with Gasteiger partial charge in [-0.1, -0.05) is 0 Å². The Morgan fingerprint density at radius 3 is 3.00 bits per heavy atom. The van der Waals surface area contributed by atoms with Gasteiger partial charge in [-0.2, -0.15) is 0 Å². The molecule has 2 fully saturated rings.